The summed E-state index contributed by atoms with van der Waals surface area (Å²) in [5.74, 6) is -30.9. The highest BCUT2D eigenvalue weighted by Crippen LogP contribution is 2.47. The summed E-state index contributed by atoms with van der Waals surface area (Å²) >= 11 is 0. The van der Waals surface area contributed by atoms with E-state index in [1.807, 2.05) is 0 Å². The predicted molar refractivity (Wildman–Crippen MR) is 226 cm³/mol. The summed E-state index contributed by atoms with van der Waals surface area (Å²) in [6.45, 7) is 7.23. The first kappa shape index (κ1) is 44.5. The minimum atomic E-state index is -2.61. The van der Waals surface area contributed by atoms with Crippen LogP contribution >= 0.6 is 0 Å². The first-order valence-corrected chi connectivity index (χ1v) is 20.0. The third kappa shape index (κ3) is 6.33. The van der Waals surface area contributed by atoms with E-state index in [1.54, 1.807) is 65.8 Å². The van der Waals surface area contributed by atoms with Crippen LogP contribution in [0.25, 0.3) is 0 Å². The summed E-state index contributed by atoms with van der Waals surface area (Å²) in [6.07, 6.45) is 0. The summed E-state index contributed by atoms with van der Waals surface area (Å²) in [6, 6.07) is 10.8. The molecule has 2 aliphatic rings. The number of hydrogen-bond acceptors (Lipinski definition) is 2. The van der Waals surface area contributed by atoms with Crippen LogP contribution in [-0.4, -0.2) is 13.4 Å². The maximum Gasteiger partial charge on any atom is 0.247 e. The van der Waals surface area contributed by atoms with E-state index in [2.05, 4.69) is 0 Å². The Bertz CT molecular complexity index is 3240. The highest BCUT2D eigenvalue weighted by Gasteiger charge is 2.47. The van der Waals surface area contributed by atoms with E-state index in [4.69, 9.17) is 0 Å². The predicted octanol–water partition coefficient (Wildman–Crippen LogP) is 10.1. The minimum absolute atomic E-state index is 0.214. The summed E-state index contributed by atoms with van der Waals surface area (Å²) in [5.41, 5.74) is -4.19. The van der Waals surface area contributed by atoms with Gasteiger partial charge in [-0.25, -0.2) is 61.5 Å². The quantitative estimate of drug-likeness (QED) is 0.0752. The fourth-order valence-electron chi connectivity index (χ4n) is 9.75. The Morgan fingerprint density at radius 1 is 0.303 bits per heavy atom. The summed E-state index contributed by atoms with van der Waals surface area (Å²) in [7, 11) is 0. The van der Waals surface area contributed by atoms with E-state index in [-0.39, 0.29) is 38.3 Å². The molecule has 0 amide bonds. The van der Waals surface area contributed by atoms with E-state index >= 15 is 52.7 Å². The molecule has 9 rings (SSSR count). The van der Waals surface area contributed by atoms with Crippen molar-refractivity contribution in [2.75, 3.05) is 9.80 Å². The fourth-order valence-corrected chi connectivity index (χ4v) is 9.75. The molecule has 0 aromatic heterocycles. The lowest BCUT2D eigenvalue weighted by atomic mass is 9.30. The number of nitrogens with zero attached hydrogens (tertiary/aromatic N) is 2. The van der Waals surface area contributed by atoms with Gasteiger partial charge in [-0.15, -0.1) is 0 Å². The Balaban J connectivity index is 1.55. The smallest absolute Gasteiger partial charge is 0.247 e. The Kier molecular flexibility index (Phi) is 10.4. The monoisotopic (exact) mass is 920 g/mol. The molecule has 0 bridgehead atoms. The van der Waals surface area contributed by atoms with Crippen molar-refractivity contribution in [3.8, 4) is 0 Å². The van der Waals surface area contributed by atoms with Gasteiger partial charge in [-0.1, -0.05) is 63.5 Å². The van der Waals surface area contributed by atoms with Crippen molar-refractivity contribution in [3.63, 3.8) is 0 Å². The zero-order valence-corrected chi connectivity index (χ0v) is 35.1. The molecule has 18 heteroatoms. The number of halogens is 14. The van der Waals surface area contributed by atoms with Crippen LogP contribution in [0.1, 0.15) is 33.4 Å². The zero-order chi connectivity index (χ0) is 47.9. The first-order chi connectivity index (χ1) is 31.0. The van der Waals surface area contributed by atoms with Gasteiger partial charge in [-0.2, -0.15) is 0 Å². The molecule has 2 heterocycles. The van der Waals surface area contributed by atoms with Crippen LogP contribution in [0.4, 0.5) is 95.6 Å². The molecule has 66 heavy (non-hydrogen) atoms. The molecule has 0 N–H and O–H groups in total. The van der Waals surface area contributed by atoms with Crippen LogP contribution in [0.5, 0.6) is 0 Å². The number of hydrogen-bond donors (Lipinski definition) is 0. The molecule has 7 aromatic carbocycles. The van der Waals surface area contributed by atoms with E-state index in [0.717, 1.165) is 23.8 Å². The van der Waals surface area contributed by atoms with E-state index < -0.39 is 140 Å². The normalized spacial score (nSPS) is 13.0. The van der Waals surface area contributed by atoms with Crippen molar-refractivity contribution in [3.05, 3.63) is 175 Å². The SMILES string of the molecule is Cc1cc(C)c(B2c3cc4c(cc3N(c3c(F)c(F)c(F)c(F)c3F)c3c(F)cc(F)cc32)N(c2c(F)c(F)c(F)c(F)c2F)c2c(F)cc(F)cc2B4c2cc(C)c(C)cc2C)c(C)c1. The highest BCUT2D eigenvalue weighted by molar-refractivity contribution is 7.01. The zero-order valence-electron chi connectivity index (χ0n) is 35.1. The molecule has 0 atom stereocenters. The Morgan fingerprint density at radius 3 is 1.12 bits per heavy atom. The van der Waals surface area contributed by atoms with E-state index in [1.165, 1.54) is 6.07 Å². The molecule has 0 spiro atoms. The first-order valence-electron chi connectivity index (χ1n) is 20.0. The standard InChI is InChI=1S/C48H28B2F14N2/c1-17-7-21(5)34(22(6)8-17)50-27-15-26-32(16-33(27)66(46-29(50)12-24(52)14-31(46)54)48-43(63)39(59)36(56)40(60)44(48)64)65(47-41(61)37(57)35(55)38(58)42(47)62)45-28(11-23(51)13-30(45)53)49(26)25-10-19(3)18(2)9-20(25)4/h7-16H,1-6H3. The lowest BCUT2D eigenvalue weighted by molar-refractivity contribution is 0.380. The molecular weight excluding hydrogens is 892 g/mol. The van der Waals surface area contributed by atoms with E-state index in [9.17, 15) is 8.78 Å². The van der Waals surface area contributed by atoms with Gasteiger partial charge in [0.1, 0.15) is 34.6 Å². The maximum absolute atomic E-state index is 16.8. The molecule has 2 aliphatic heterocycles. The number of anilines is 6. The van der Waals surface area contributed by atoms with Gasteiger partial charge in [0.2, 0.25) is 25.1 Å². The van der Waals surface area contributed by atoms with Gasteiger partial charge >= 0.3 is 0 Å². The number of fused-ring (bicyclic) bond motifs is 4. The number of rotatable bonds is 4. The lowest BCUT2D eigenvalue weighted by Gasteiger charge is -2.42. The third-order valence-corrected chi connectivity index (χ3v) is 12.5. The van der Waals surface area contributed by atoms with Gasteiger partial charge in [-0.05, 0) is 92.7 Å². The largest absolute Gasteiger partial charge is 0.303 e. The summed E-state index contributed by atoms with van der Waals surface area (Å²) < 4.78 is 221. The van der Waals surface area contributed by atoms with Gasteiger partial charge in [0.25, 0.3) is 0 Å². The average Bonchev–Trinajstić information content (AvgIpc) is 3.24. The van der Waals surface area contributed by atoms with Crippen molar-refractivity contribution in [2.24, 2.45) is 0 Å². The third-order valence-electron chi connectivity index (χ3n) is 12.5. The molecule has 0 fully saturated rings. The number of benzene rings is 7. The number of aryl methyl sites for hydroxylation is 6. The van der Waals surface area contributed by atoms with Crippen LogP contribution in [0.3, 0.4) is 0 Å². The molecular formula is C48H28B2F14N2. The molecule has 2 nitrogen and oxygen atoms in total. The van der Waals surface area contributed by atoms with Crippen molar-refractivity contribution in [1.82, 2.24) is 0 Å². The highest BCUT2D eigenvalue weighted by atomic mass is 19.2. The van der Waals surface area contributed by atoms with Crippen molar-refractivity contribution in [1.29, 1.82) is 0 Å². The minimum Gasteiger partial charge on any atom is -0.303 e. The van der Waals surface area contributed by atoms with Crippen molar-refractivity contribution < 1.29 is 61.5 Å². The molecule has 0 unspecified atom stereocenters. The van der Waals surface area contributed by atoms with Crippen molar-refractivity contribution in [2.45, 2.75) is 41.5 Å². The second kappa shape index (κ2) is 15.4. The molecule has 0 aliphatic carbocycles. The molecule has 7 aromatic rings. The second-order valence-electron chi connectivity index (χ2n) is 16.6. The molecule has 0 radical (unpaired) electrons. The average molecular weight is 920 g/mol. The van der Waals surface area contributed by atoms with Crippen LogP contribution in [-0.2, 0) is 0 Å². The Hall–Kier alpha value is -6.71. The summed E-state index contributed by atoms with van der Waals surface area (Å²) in [5, 5.41) is 0. The van der Waals surface area contributed by atoms with Crippen molar-refractivity contribution >= 4 is 80.3 Å². The van der Waals surface area contributed by atoms with Crippen LogP contribution in [0, 0.1) is 123 Å². The van der Waals surface area contributed by atoms with E-state index in [0.29, 0.717) is 33.3 Å². The topological polar surface area (TPSA) is 6.48 Å². The molecule has 0 saturated carbocycles. The Morgan fingerprint density at radius 2 is 0.682 bits per heavy atom. The van der Waals surface area contributed by atoms with Crippen LogP contribution in [0.2, 0.25) is 0 Å². The fraction of sp³-hybridized carbons (Fsp3) is 0.125. The van der Waals surface area contributed by atoms with Gasteiger partial charge in [0, 0.05) is 23.5 Å². The van der Waals surface area contributed by atoms with Crippen LogP contribution < -0.4 is 42.6 Å². The molecule has 334 valence electrons. The van der Waals surface area contributed by atoms with Gasteiger partial charge < -0.3 is 9.80 Å². The van der Waals surface area contributed by atoms with Gasteiger partial charge in [0.05, 0.1) is 11.4 Å². The van der Waals surface area contributed by atoms with Crippen LogP contribution in [0.15, 0.2) is 60.7 Å². The Labute approximate surface area is 367 Å². The summed E-state index contributed by atoms with van der Waals surface area (Å²) in [4.78, 5) is 0.461. The lowest BCUT2D eigenvalue weighted by Crippen LogP contribution is -2.63. The second-order valence-corrected chi connectivity index (χ2v) is 16.6. The molecule has 0 saturated heterocycles. The van der Waals surface area contributed by atoms with Gasteiger partial charge in [-0.3, -0.25) is 0 Å². The maximum atomic E-state index is 16.8. The van der Waals surface area contributed by atoms with Gasteiger partial charge in [0.15, 0.2) is 46.5 Å².